The number of carbonyl (C=O) groups excluding carboxylic acids is 1. The topological polar surface area (TPSA) is 26.3 Å². The summed E-state index contributed by atoms with van der Waals surface area (Å²) in [4.78, 5) is 11.3. The van der Waals surface area contributed by atoms with Crippen LogP contribution in [0, 0.1) is 6.92 Å². The fraction of sp³-hybridized carbons (Fsp3) is 0.364. The first-order valence-corrected chi connectivity index (χ1v) is 5.41. The second-order valence-corrected chi connectivity index (χ2v) is 3.93. The lowest BCUT2D eigenvalue weighted by Gasteiger charge is -2.09. The number of benzene rings is 1. The van der Waals surface area contributed by atoms with Crippen molar-refractivity contribution in [2.75, 3.05) is 6.61 Å². The van der Waals surface area contributed by atoms with Gasteiger partial charge in [-0.05, 0) is 37.1 Å². The molecule has 4 heteroatoms. The molecule has 0 saturated carbocycles. The van der Waals surface area contributed by atoms with Gasteiger partial charge in [0.05, 0.1) is 13.0 Å². The third kappa shape index (κ3) is 3.11. The molecular formula is C11H12Cl2O2. The van der Waals surface area contributed by atoms with Crippen LogP contribution in [0.1, 0.15) is 18.1 Å². The number of rotatable bonds is 3. The Morgan fingerprint density at radius 1 is 1.33 bits per heavy atom. The van der Waals surface area contributed by atoms with Crippen molar-refractivity contribution in [1.29, 1.82) is 0 Å². The highest BCUT2D eigenvalue weighted by molar-refractivity contribution is 6.34. The molecule has 1 aromatic carbocycles. The van der Waals surface area contributed by atoms with Crippen molar-refractivity contribution in [2.24, 2.45) is 0 Å². The van der Waals surface area contributed by atoms with Crippen molar-refractivity contribution in [3.8, 4) is 0 Å². The van der Waals surface area contributed by atoms with E-state index in [1.54, 1.807) is 19.1 Å². The summed E-state index contributed by atoms with van der Waals surface area (Å²) in [7, 11) is 0. The van der Waals surface area contributed by atoms with Gasteiger partial charge in [-0.3, -0.25) is 4.79 Å². The van der Waals surface area contributed by atoms with Gasteiger partial charge in [-0.1, -0.05) is 23.2 Å². The molecular weight excluding hydrogens is 235 g/mol. The maximum atomic E-state index is 11.3. The Morgan fingerprint density at radius 3 is 2.53 bits per heavy atom. The van der Waals surface area contributed by atoms with Gasteiger partial charge in [0.1, 0.15) is 0 Å². The van der Waals surface area contributed by atoms with E-state index in [2.05, 4.69) is 0 Å². The summed E-state index contributed by atoms with van der Waals surface area (Å²) in [6, 6.07) is 3.40. The third-order valence-electron chi connectivity index (χ3n) is 2.10. The van der Waals surface area contributed by atoms with Gasteiger partial charge in [0, 0.05) is 10.0 Å². The van der Waals surface area contributed by atoms with Gasteiger partial charge in [0.25, 0.3) is 0 Å². The second-order valence-electron chi connectivity index (χ2n) is 3.11. The van der Waals surface area contributed by atoms with E-state index in [9.17, 15) is 4.79 Å². The van der Waals surface area contributed by atoms with E-state index in [1.165, 1.54) is 0 Å². The largest absolute Gasteiger partial charge is 0.466 e. The molecule has 0 saturated heterocycles. The normalized spacial score (nSPS) is 10.1. The molecule has 0 heterocycles. The number of hydrogen-bond donors (Lipinski definition) is 0. The number of esters is 1. The maximum absolute atomic E-state index is 11.3. The van der Waals surface area contributed by atoms with Crippen LogP contribution in [0.4, 0.5) is 0 Å². The van der Waals surface area contributed by atoms with E-state index in [0.29, 0.717) is 16.7 Å². The molecule has 82 valence electrons. The molecule has 0 unspecified atom stereocenters. The monoisotopic (exact) mass is 246 g/mol. The van der Waals surface area contributed by atoms with E-state index >= 15 is 0 Å². The highest BCUT2D eigenvalue weighted by Crippen LogP contribution is 2.26. The lowest BCUT2D eigenvalue weighted by molar-refractivity contribution is -0.142. The predicted octanol–water partition coefficient (Wildman–Crippen LogP) is 3.41. The molecule has 0 aliphatic heterocycles. The smallest absolute Gasteiger partial charge is 0.310 e. The van der Waals surface area contributed by atoms with Crippen LogP contribution in [0.2, 0.25) is 10.0 Å². The zero-order chi connectivity index (χ0) is 11.4. The average molecular weight is 247 g/mol. The van der Waals surface area contributed by atoms with E-state index < -0.39 is 0 Å². The van der Waals surface area contributed by atoms with Gasteiger partial charge in [-0.25, -0.2) is 0 Å². The number of halogens is 2. The summed E-state index contributed by atoms with van der Waals surface area (Å²) in [5, 5.41) is 1.16. The van der Waals surface area contributed by atoms with Crippen LogP contribution in [0.25, 0.3) is 0 Å². The molecule has 0 atom stereocenters. The molecule has 2 nitrogen and oxygen atoms in total. The van der Waals surface area contributed by atoms with Crippen molar-refractivity contribution >= 4 is 29.2 Å². The zero-order valence-corrected chi connectivity index (χ0v) is 10.2. The first-order valence-electron chi connectivity index (χ1n) is 4.65. The van der Waals surface area contributed by atoms with E-state index in [-0.39, 0.29) is 12.4 Å². The van der Waals surface area contributed by atoms with Crippen molar-refractivity contribution in [3.63, 3.8) is 0 Å². The lowest BCUT2D eigenvalue weighted by Crippen LogP contribution is -2.09. The molecule has 15 heavy (non-hydrogen) atoms. The van der Waals surface area contributed by atoms with Gasteiger partial charge in [-0.2, -0.15) is 0 Å². The van der Waals surface area contributed by atoms with Crippen LogP contribution in [0.3, 0.4) is 0 Å². The standard InChI is InChI=1S/C11H12Cl2O2/c1-3-15-11(14)6-8-7(2)9(12)4-5-10(8)13/h4-5H,3,6H2,1-2H3. The molecule has 0 bridgehead atoms. The predicted molar refractivity (Wildman–Crippen MR) is 61.5 cm³/mol. The molecule has 1 aromatic rings. The van der Waals surface area contributed by atoms with Crippen molar-refractivity contribution in [2.45, 2.75) is 20.3 Å². The fourth-order valence-electron chi connectivity index (χ4n) is 1.27. The lowest BCUT2D eigenvalue weighted by atomic mass is 10.1. The van der Waals surface area contributed by atoms with Gasteiger partial charge in [0.2, 0.25) is 0 Å². The van der Waals surface area contributed by atoms with Crippen LogP contribution < -0.4 is 0 Å². The van der Waals surface area contributed by atoms with Crippen LogP contribution in [-0.4, -0.2) is 12.6 Å². The molecule has 0 aromatic heterocycles. The van der Waals surface area contributed by atoms with Crippen molar-refractivity contribution in [1.82, 2.24) is 0 Å². The molecule has 0 radical (unpaired) electrons. The first-order chi connectivity index (χ1) is 7.06. The van der Waals surface area contributed by atoms with Crippen LogP contribution in [-0.2, 0) is 16.0 Å². The zero-order valence-electron chi connectivity index (χ0n) is 8.64. The minimum atomic E-state index is -0.287. The van der Waals surface area contributed by atoms with Gasteiger partial charge < -0.3 is 4.74 Å². The van der Waals surface area contributed by atoms with Crippen LogP contribution in [0.5, 0.6) is 0 Å². The Balaban J connectivity index is 2.93. The van der Waals surface area contributed by atoms with E-state index in [1.807, 2.05) is 6.92 Å². The molecule has 0 spiro atoms. The molecule has 0 aliphatic rings. The van der Waals surface area contributed by atoms with E-state index in [4.69, 9.17) is 27.9 Å². The highest BCUT2D eigenvalue weighted by atomic mass is 35.5. The molecule has 0 N–H and O–H groups in total. The summed E-state index contributed by atoms with van der Waals surface area (Å²) >= 11 is 11.9. The molecule has 0 fully saturated rings. The second kappa shape index (κ2) is 5.38. The van der Waals surface area contributed by atoms with Gasteiger partial charge in [-0.15, -0.1) is 0 Å². The quantitative estimate of drug-likeness (QED) is 0.765. The average Bonchev–Trinajstić information content (AvgIpc) is 2.19. The Bertz CT molecular complexity index is 375. The molecule has 0 amide bonds. The van der Waals surface area contributed by atoms with Crippen LogP contribution in [0.15, 0.2) is 12.1 Å². The Kier molecular flexibility index (Phi) is 4.43. The maximum Gasteiger partial charge on any atom is 0.310 e. The minimum absolute atomic E-state index is 0.166. The fourth-order valence-corrected chi connectivity index (χ4v) is 1.72. The summed E-state index contributed by atoms with van der Waals surface area (Å²) in [6.45, 7) is 3.98. The number of hydrogen-bond acceptors (Lipinski definition) is 2. The number of ether oxygens (including phenoxy) is 1. The summed E-state index contributed by atoms with van der Waals surface area (Å²) in [5.74, 6) is -0.287. The molecule has 1 rings (SSSR count). The minimum Gasteiger partial charge on any atom is -0.466 e. The highest BCUT2D eigenvalue weighted by Gasteiger charge is 2.12. The molecule has 0 aliphatic carbocycles. The SMILES string of the molecule is CCOC(=O)Cc1c(Cl)ccc(Cl)c1C. The summed E-state index contributed by atoms with van der Waals surface area (Å²) < 4.78 is 4.86. The third-order valence-corrected chi connectivity index (χ3v) is 2.87. The van der Waals surface area contributed by atoms with Crippen LogP contribution >= 0.6 is 23.2 Å². The van der Waals surface area contributed by atoms with E-state index in [0.717, 1.165) is 11.1 Å². The Labute approximate surface area is 99.1 Å². The summed E-state index contributed by atoms with van der Waals surface area (Å²) in [6.07, 6.45) is 0.166. The summed E-state index contributed by atoms with van der Waals surface area (Å²) in [5.41, 5.74) is 1.57. The first kappa shape index (κ1) is 12.3. The van der Waals surface area contributed by atoms with Gasteiger partial charge in [0.15, 0.2) is 0 Å². The Hall–Kier alpha value is -0.730. The van der Waals surface area contributed by atoms with Crippen molar-refractivity contribution in [3.05, 3.63) is 33.3 Å². The van der Waals surface area contributed by atoms with Crippen molar-refractivity contribution < 1.29 is 9.53 Å². The Morgan fingerprint density at radius 2 is 1.93 bits per heavy atom. The number of carbonyl (C=O) groups is 1. The van der Waals surface area contributed by atoms with Gasteiger partial charge >= 0.3 is 5.97 Å².